The third-order valence-corrected chi connectivity index (χ3v) is 4.06. The van der Waals surface area contributed by atoms with Crippen LogP contribution >= 0.6 is 24.0 Å². The number of pyridine rings is 1. The number of likely N-dealkylation sites (tertiary alicyclic amines) is 1. The van der Waals surface area contributed by atoms with E-state index in [0.717, 1.165) is 37.6 Å². The number of aromatic nitrogens is 1. The van der Waals surface area contributed by atoms with Gasteiger partial charge in [0.05, 0.1) is 26.9 Å². The summed E-state index contributed by atoms with van der Waals surface area (Å²) >= 11 is 0. The van der Waals surface area contributed by atoms with Gasteiger partial charge in [0.2, 0.25) is 5.88 Å². The second-order valence-electron chi connectivity index (χ2n) is 5.74. The molecule has 25 heavy (non-hydrogen) atoms. The second-order valence-corrected chi connectivity index (χ2v) is 5.74. The van der Waals surface area contributed by atoms with Gasteiger partial charge in [0.15, 0.2) is 5.96 Å². The number of hydrogen-bond donors (Lipinski definition) is 1. The molecule has 1 aromatic rings. The molecule has 1 aliphatic rings. The van der Waals surface area contributed by atoms with Gasteiger partial charge in [-0.3, -0.25) is 4.99 Å². The quantitative estimate of drug-likeness (QED) is 0.274. The number of methoxy groups -OCH3 is 2. The lowest BCUT2D eigenvalue weighted by Gasteiger charge is -2.22. The molecule has 1 unspecified atom stereocenters. The molecule has 0 aliphatic carbocycles. The number of halogens is 1. The molecular weight excluding hydrogens is 435 g/mol. The maximum atomic E-state index is 5.64. The maximum Gasteiger partial charge on any atom is 0.218 e. The van der Waals surface area contributed by atoms with Crippen LogP contribution in [0.25, 0.3) is 0 Å². The van der Waals surface area contributed by atoms with Gasteiger partial charge in [-0.2, -0.15) is 0 Å². The number of ether oxygens (including phenoxy) is 3. The van der Waals surface area contributed by atoms with Crippen LogP contribution in [0, 0.1) is 5.92 Å². The van der Waals surface area contributed by atoms with Gasteiger partial charge in [-0.05, 0) is 12.5 Å². The van der Waals surface area contributed by atoms with Crippen molar-refractivity contribution in [2.75, 3.05) is 54.2 Å². The molecule has 1 atom stereocenters. The summed E-state index contributed by atoms with van der Waals surface area (Å²) in [5, 5.41) is 3.39. The summed E-state index contributed by atoms with van der Waals surface area (Å²) in [6, 6.07) is 3.91. The third-order valence-electron chi connectivity index (χ3n) is 4.06. The van der Waals surface area contributed by atoms with Crippen molar-refractivity contribution in [3.63, 3.8) is 0 Å². The SMILES string of the molecule is CN=C(NCc1cccnc1OC)N1CCC(COCCOC)C1.I. The van der Waals surface area contributed by atoms with Gasteiger partial charge in [-0.15, -0.1) is 24.0 Å². The summed E-state index contributed by atoms with van der Waals surface area (Å²) in [5.41, 5.74) is 1.01. The van der Waals surface area contributed by atoms with Crippen LogP contribution in [-0.4, -0.2) is 70.0 Å². The Balaban J connectivity index is 0.00000312. The van der Waals surface area contributed by atoms with E-state index in [4.69, 9.17) is 14.2 Å². The fraction of sp³-hybridized carbons (Fsp3) is 0.647. The van der Waals surface area contributed by atoms with Crippen molar-refractivity contribution < 1.29 is 14.2 Å². The number of nitrogens with zero attached hydrogens (tertiary/aromatic N) is 3. The molecular formula is C17H29IN4O3. The predicted octanol–water partition coefficient (Wildman–Crippen LogP) is 1.77. The molecule has 8 heteroatoms. The van der Waals surface area contributed by atoms with Crippen molar-refractivity contribution in [2.24, 2.45) is 10.9 Å². The molecule has 1 saturated heterocycles. The van der Waals surface area contributed by atoms with E-state index in [1.165, 1.54) is 0 Å². The van der Waals surface area contributed by atoms with Crippen LogP contribution in [0.3, 0.4) is 0 Å². The highest BCUT2D eigenvalue weighted by molar-refractivity contribution is 14.0. The Kier molecular flexibility index (Phi) is 10.7. The first-order valence-electron chi connectivity index (χ1n) is 8.28. The minimum atomic E-state index is 0. The Hall–Kier alpha value is -1.13. The van der Waals surface area contributed by atoms with Crippen molar-refractivity contribution in [1.82, 2.24) is 15.2 Å². The van der Waals surface area contributed by atoms with Crippen LogP contribution in [0.1, 0.15) is 12.0 Å². The van der Waals surface area contributed by atoms with E-state index in [0.29, 0.717) is 31.6 Å². The first-order chi connectivity index (χ1) is 11.8. The molecule has 0 spiro atoms. The summed E-state index contributed by atoms with van der Waals surface area (Å²) in [5.74, 6) is 2.08. The first kappa shape index (κ1) is 21.9. The van der Waals surface area contributed by atoms with Crippen LogP contribution in [0.5, 0.6) is 5.88 Å². The van der Waals surface area contributed by atoms with E-state index < -0.39 is 0 Å². The Bertz CT molecular complexity index is 530. The average Bonchev–Trinajstić information content (AvgIpc) is 3.08. The molecule has 2 heterocycles. The average molecular weight is 464 g/mol. The van der Waals surface area contributed by atoms with Crippen LogP contribution in [0.2, 0.25) is 0 Å². The molecule has 0 aromatic carbocycles. The Morgan fingerprint density at radius 2 is 2.24 bits per heavy atom. The zero-order valence-corrected chi connectivity index (χ0v) is 17.6. The van der Waals surface area contributed by atoms with Gasteiger partial charge in [0.25, 0.3) is 0 Å². The highest BCUT2D eigenvalue weighted by Gasteiger charge is 2.25. The van der Waals surface area contributed by atoms with Crippen molar-refractivity contribution in [3.8, 4) is 5.88 Å². The third kappa shape index (κ3) is 6.95. The summed E-state index contributed by atoms with van der Waals surface area (Å²) < 4.78 is 15.9. The van der Waals surface area contributed by atoms with E-state index in [1.807, 2.05) is 19.2 Å². The van der Waals surface area contributed by atoms with Gasteiger partial charge in [-0.1, -0.05) is 6.07 Å². The highest BCUT2D eigenvalue weighted by atomic mass is 127. The molecule has 1 N–H and O–H groups in total. The van der Waals surface area contributed by atoms with Crippen molar-refractivity contribution in [2.45, 2.75) is 13.0 Å². The lowest BCUT2D eigenvalue weighted by molar-refractivity contribution is 0.0536. The van der Waals surface area contributed by atoms with E-state index in [9.17, 15) is 0 Å². The van der Waals surface area contributed by atoms with Gasteiger partial charge in [0, 0.05) is 51.5 Å². The summed E-state index contributed by atoms with van der Waals surface area (Å²) in [6.45, 7) is 4.65. The zero-order valence-electron chi connectivity index (χ0n) is 15.2. The molecule has 0 bridgehead atoms. The fourth-order valence-electron chi connectivity index (χ4n) is 2.80. The Morgan fingerprint density at radius 1 is 1.40 bits per heavy atom. The topological polar surface area (TPSA) is 68.2 Å². The van der Waals surface area contributed by atoms with E-state index in [-0.39, 0.29) is 24.0 Å². The molecule has 142 valence electrons. The minimum Gasteiger partial charge on any atom is -0.481 e. The van der Waals surface area contributed by atoms with Crippen molar-refractivity contribution in [1.29, 1.82) is 0 Å². The van der Waals surface area contributed by atoms with Crippen molar-refractivity contribution in [3.05, 3.63) is 23.9 Å². The normalized spacial score (nSPS) is 17.3. The lowest BCUT2D eigenvalue weighted by Crippen LogP contribution is -2.40. The number of guanidine groups is 1. The lowest BCUT2D eigenvalue weighted by atomic mass is 10.1. The van der Waals surface area contributed by atoms with Gasteiger partial charge in [0.1, 0.15) is 0 Å². The van der Waals surface area contributed by atoms with E-state index in [1.54, 1.807) is 20.4 Å². The first-order valence-corrected chi connectivity index (χ1v) is 8.28. The molecule has 1 fully saturated rings. The van der Waals surface area contributed by atoms with E-state index in [2.05, 4.69) is 20.2 Å². The predicted molar refractivity (Wildman–Crippen MR) is 109 cm³/mol. The zero-order chi connectivity index (χ0) is 17.2. The second kappa shape index (κ2) is 12.3. The highest BCUT2D eigenvalue weighted by Crippen LogP contribution is 2.17. The van der Waals surface area contributed by atoms with Gasteiger partial charge >= 0.3 is 0 Å². The molecule has 0 radical (unpaired) electrons. The van der Waals surface area contributed by atoms with E-state index >= 15 is 0 Å². The van der Waals surface area contributed by atoms with Crippen LogP contribution in [-0.2, 0) is 16.0 Å². The molecule has 0 amide bonds. The number of hydrogen-bond acceptors (Lipinski definition) is 5. The smallest absolute Gasteiger partial charge is 0.218 e. The van der Waals surface area contributed by atoms with Crippen LogP contribution < -0.4 is 10.1 Å². The molecule has 2 rings (SSSR count). The fourth-order valence-corrected chi connectivity index (χ4v) is 2.80. The number of rotatable bonds is 8. The Labute approximate surface area is 167 Å². The van der Waals surface area contributed by atoms with Gasteiger partial charge in [-0.25, -0.2) is 4.98 Å². The Morgan fingerprint density at radius 3 is 2.96 bits per heavy atom. The summed E-state index contributed by atoms with van der Waals surface area (Å²) in [6.07, 6.45) is 2.84. The summed E-state index contributed by atoms with van der Waals surface area (Å²) in [4.78, 5) is 10.9. The van der Waals surface area contributed by atoms with Crippen LogP contribution in [0.4, 0.5) is 0 Å². The minimum absolute atomic E-state index is 0. The molecule has 7 nitrogen and oxygen atoms in total. The molecule has 1 aromatic heterocycles. The standard InChI is InChI=1S/C17H28N4O3.HI/c1-18-17(20-11-15-5-4-7-19-16(15)23-3)21-8-6-14(12-21)13-24-10-9-22-2;/h4-5,7,14H,6,8-13H2,1-3H3,(H,18,20);1H. The molecule has 1 aliphatic heterocycles. The number of nitrogens with one attached hydrogen (secondary N) is 1. The summed E-state index contributed by atoms with van der Waals surface area (Å²) in [7, 11) is 5.13. The largest absolute Gasteiger partial charge is 0.481 e. The van der Waals surface area contributed by atoms with Crippen molar-refractivity contribution >= 4 is 29.9 Å². The molecule has 0 saturated carbocycles. The van der Waals surface area contributed by atoms with Crippen LogP contribution in [0.15, 0.2) is 23.3 Å². The monoisotopic (exact) mass is 464 g/mol. The number of aliphatic imine (C=N–C) groups is 1. The van der Waals surface area contributed by atoms with Gasteiger partial charge < -0.3 is 24.4 Å². The maximum absolute atomic E-state index is 5.64.